The van der Waals surface area contributed by atoms with Gasteiger partial charge in [0.25, 0.3) is 11.6 Å². The average molecular weight is 350 g/mol. The Kier molecular flexibility index (Phi) is 6.46. The molecule has 0 aliphatic carbocycles. The predicted molar refractivity (Wildman–Crippen MR) is 98.3 cm³/mol. The first-order chi connectivity index (χ1) is 12.5. The highest BCUT2D eigenvalue weighted by atomic mass is 16.6. The third kappa shape index (κ3) is 5.46. The third-order valence-electron chi connectivity index (χ3n) is 3.59. The lowest BCUT2D eigenvalue weighted by Crippen LogP contribution is -2.18. The SMILES string of the molecule is Cc1cccc(CCN/C=C(/C#N)C(=O)Nc2ccc([N+](=O)[O-])cc2)c1. The van der Waals surface area contributed by atoms with Crippen molar-refractivity contribution in [2.45, 2.75) is 13.3 Å². The number of benzene rings is 2. The lowest BCUT2D eigenvalue weighted by Gasteiger charge is -2.06. The van der Waals surface area contributed by atoms with Crippen molar-refractivity contribution < 1.29 is 9.72 Å². The van der Waals surface area contributed by atoms with Crippen LogP contribution in [-0.4, -0.2) is 17.4 Å². The predicted octanol–water partition coefficient (Wildman–Crippen LogP) is 3.08. The molecule has 7 nitrogen and oxygen atoms in total. The van der Waals surface area contributed by atoms with Crippen molar-refractivity contribution in [1.82, 2.24) is 5.32 Å². The second kappa shape index (κ2) is 8.99. The van der Waals surface area contributed by atoms with Crippen molar-refractivity contribution in [2.75, 3.05) is 11.9 Å². The normalized spacial score (nSPS) is 10.7. The van der Waals surface area contributed by atoms with Crippen molar-refractivity contribution in [3.8, 4) is 6.07 Å². The number of nitro benzene ring substituents is 1. The van der Waals surface area contributed by atoms with E-state index in [1.165, 1.54) is 41.6 Å². The van der Waals surface area contributed by atoms with Gasteiger partial charge in [0, 0.05) is 30.6 Å². The van der Waals surface area contributed by atoms with Gasteiger partial charge in [-0.15, -0.1) is 0 Å². The number of nitro groups is 1. The lowest BCUT2D eigenvalue weighted by atomic mass is 10.1. The van der Waals surface area contributed by atoms with Gasteiger partial charge in [-0.2, -0.15) is 5.26 Å². The molecule has 132 valence electrons. The highest BCUT2D eigenvalue weighted by Gasteiger charge is 2.10. The van der Waals surface area contributed by atoms with Gasteiger partial charge >= 0.3 is 0 Å². The number of anilines is 1. The Morgan fingerprint density at radius 1 is 1.27 bits per heavy atom. The molecule has 2 aromatic rings. The third-order valence-corrected chi connectivity index (χ3v) is 3.59. The molecular weight excluding hydrogens is 332 g/mol. The summed E-state index contributed by atoms with van der Waals surface area (Å²) in [5.74, 6) is -0.579. The molecule has 0 aliphatic rings. The summed E-state index contributed by atoms with van der Waals surface area (Å²) in [5.41, 5.74) is 2.57. The summed E-state index contributed by atoms with van der Waals surface area (Å²) in [6, 6.07) is 15.3. The fraction of sp³-hybridized carbons (Fsp3) is 0.158. The molecule has 0 heterocycles. The summed E-state index contributed by atoms with van der Waals surface area (Å²) in [6.45, 7) is 2.60. The molecule has 0 unspecified atom stereocenters. The molecule has 0 saturated heterocycles. The zero-order valence-electron chi connectivity index (χ0n) is 14.2. The van der Waals surface area contributed by atoms with Gasteiger partial charge in [0.2, 0.25) is 0 Å². The maximum Gasteiger partial charge on any atom is 0.269 e. The molecule has 0 fully saturated rings. The minimum absolute atomic E-state index is 0.0723. The number of hydrogen-bond donors (Lipinski definition) is 2. The second-order valence-electron chi connectivity index (χ2n) is 5.62. The van der Waals surface area contributed by atoms with Gasteiger partial charge in [0.05, 0.1) is 4.92 Å². The summed E-state index contributed by atoms with van der Waals surface area (Å²) < 4.78 is 0. The highest BCUT2D eigenvalue weighted by Crippen LogP contribution is 2.15. The van der Waals surface area contributed by atoms with Crippen molar-refractivity contribution in [3.63, 3.8) is 0 Å². The number of non-ortho nitro benzene ring substituents is 1. The molecule has 1 amide bonds. The number of hydrogen-bond acceptors (Lipinski definition) is 5. The number of carbonyl (C=O) groups is 1. The summed E-state index contributed by atoms with van der Waals surface area (Å²) in [7, 11) is 0. The van der Waals surface area contributed by atoms with Crippen LogP contribution >= 0.6 is 0 Å². The fourth-order valence-electron chi connectivity index (χ4n) is 2.27. The van der Waals surface area contributed by atoms with Crippen LogP contribution < -0.4 is 10.6 Å². The average Bonchev–Trinajstić information content (AvgIpc) is 2.62. The highest BCUT2D eigenvalue weighted by molar-refractivity contribution is 6.06. The van der Waals surface area contributed by atoms with Crippen LogP contribution in [0.4, 0.5) is 11.4 Å². The first-order valence-corrected chi connectivity index (χ1v) is 7.94. The largest absolute Gasteiger partial charge is 0.389 e. The van der Waals surface area contributed by atoms with Gasteiger partial charge in [-0.05, 0) is 31.0 Å². The van der Waals surface area contributed by atoms with Gasteiger partial charge < -0.3 is 10.6 Å². The van der Waals surface area contributed by atoms with Gasteiger partial charge in [0.15, 0.2) is 0 Å². The standard InChI is InChI=1S/C19H18N4O3/c1-14-3-2-4-15(11-14)9-10-21-13-16(12-20)19(24)22-17-5-7-18(8-6-17)23(25)26/h2-8,11,13,21H,9-10H2,1H3,(H,22,24)/b16-13-. The minimum Gasteiger partial charge on any atom is -0.389 e. The van der Waals surface area contributed by atoms with Crippen molar-refractivity contribution in [3.05, 3.63) is 81.5 Å². The first-order valence-electron chi connectivity index (χ1n) is 7.94. The van der Waals surface area contributed by atoms with Gasteiger partial charge in [-0.3, -0.25) is 14.9 Å². The molecule has 0 spiro atoms. The van der Waals surface area contributed by atoms with Crippen LogP contribution in [-0.2, 0) is 11.2 Å². The minimum atomic E-state index is -0.579. The van der Waals surface area contributed by atoms with E-state index in [4.69, 9.17) is 5.26 Å². The quantitative estimate of drug-likeness (QED) is 0.262. The zero-order chi connectivity index (χ0) is 18.9. The van der Waals surface area contributed by atoms with E-state index in [1.807, 2.05) is 31.2 Å². The van der Waals surface area contributed by atoms with E-state index in [-0.39, 0.29) is 11.3 Å². The number of nitrogens with zero attached hydrogens (tertiary/aromatic N) is 2. The summed E-state index contributed by atoms with van der Waals surface area (Å²) in [5, 5.41) is 25.2. The Morgan fingerprint density at radius 3 is 2.62 bits per heavy atom. The van der Waals surface area contributed by atoms with Crippen LogP contribution in [0.25, 0.3) is 0 Å². The fourth-order valence-corrected chi connectivity index (χ4v) is 2.27. The Morgan fingerprint density at radius 2 is 2.00 bits per heavy atom. The van der Waals surface area contributed by atoms with E-state index < -0.39 is 10.8 Å². The number of amides is 1. The molecule has 2 aromatic carbocycles. The summed E-state index contributed by atoms with van der Waals surface area (Å²) in [6.07, 6.45) is 2.14. The van der Waals surface area contributed by atoms with Crippen LogP contribution in [0.1, 0.15) is 11.1 Å². The van der Waals surface area contributed by atoms with E-state index in [9.17, 15) is 14.9 Å². The van der Waals surface area contributed by atoms with Crippen molar-refractivity contribution in [1.29, 1.82) is 5.26 Å². The molecule has 0 saturated carbocycles. The zero-order valence-corrected chi connectivity index (χ0v) is 14.2. The summed E-state index contributed by atoms with van der Waals surface area (Å²) >= 11 is 0. The van der Waals surface area contributed by atoms with E-state index in [0.717, 1.165) is 6.42 Å². The molecular formula is C19H18N4O3. The van der Waals surface area contributed by atoms with Crippen LogP contribution in [0.2, 0.25) is 0 Å². The monoisotopic (exact) mass is 350 g/mol. The molecule has 7 heteroatoms. The Bertz CT molecular complexity index is 867. The molecule has 0 atom stereocenters. The molecule has 26 heavy (non-hydrogen) atoms. The van der Waals surface area contributed by atoms with Gasteiger partial charge in [0.1, 0.15) is 11.6 Å². The topological polar surface area (TPSA) is 108 Å². The van der Waals surface area contributed by atoms with Gasteiger partial charge in [-0.1, -0.05) is 29.8 Å². The van der Waals surface area contributed by atoms with Crippen LogP contribution in [0.15, 0.2) is 60.3 Å². The van der Waals surface area contributed by atoms with Crippen molar-refractivity contribution >= 4 is 17.3 Å². The number of nitriles is 1. The molecule has 0 radical (unpaired) electrons. The molecule has 0 aliphatic heterocycles. The summed E-state index contributed by atoms with van der Waals surface area (Å²) in [4.78, 5) is 22.2. The van der Waals surface area contributed by atoms with E-state index >= 15 is 0 Å². The Balaban J connectivity index is 1.90. The Labute approximate surface area is 151 Å². The van der Waals surface area contributed by atoms with Crippen LogP contribution in [0.5, 0.6) is 0 Å². The lowest BCUT2D eigenvalue weighted by molar-refractivity contribution is -0.384. The van der Waals surface area contributed by atoms with Crippen LogP contribution in [0, 0.1) is 28.4 Å². The van der Waals surface area contributed by atoms with Crippen molar-refractivity contribution in [2.24, 2.45) is 0 Å². The molecule has 2 rings (SSSR count). The first kappa shape index (κ1) is 18.7. The molecule has 0 bridgehead atoms. The Hall–Kier alpha value is -3.66. The molecule has 0 aromatic heterocycles. The van der Waals surface area contributed by atoms with Crippen LogP contribution in [0.3, 0.4) is 0 Å². The number of carbonyl (C=O) groups excluding carboxylic acids is 1. The second-order valence-corrected chi connectivity index (χ2v) is 5.62. The number of rotatable bonds is 7. The number of aryl methyl sites for hydroxylation is 1. The van der Waals surface area contributed by atoms with E-state index in [0.29, 0.717) is 12.2 Å². The molecule has 2 N–H and O–H groups in total. The number of nitrogens with one attached hydrogen (secondary N) is 2. The van der Waals surface area contributed by atoms with Gasteiger partial charge in [-0.25, -0.2) is 0 Å². The van der Waals surface area contributed by atoms with E-state index in [1.54, 1.807) is 0 Å². The van der Waals surface area contributed by atoms with E-state index in [2.05, 4.69) is 16.7 Å². The maximum absolute atomic E-state index is 12.1. The maximum atomic E-state index is 12.1. The smallest absolute Gasteiger partial charge is 0.269 e.